The van der Waals surface area contributed by atoms with Crippen LogP contribution in [-0.2, 0) is 22.7 Å². The number of aromatic nitrogens is 2. The Kier molecular flexibility index (Phi) is 5.71. The molecule has 0 unspecified atom stereocenters. The lowest BCUT2D eigenvalue weighted by atomic mass is 9.95. The number of amides is 2. The van der Waals surface area contributed by atoms with Crippen LogP contribution in [0.25, 0.3) is 0 Å². The molecule has 8 heteroatoms. The quantitative estimate of drug-likeness (QED) is 0.771. The summed E-state index contributed by atoms with van der Waals surface area (Å²) in [5.41, 5.74) is 2.34. The Morgan fingerprint density at radius 3 is 2.58 bits per heavy atom. The highest BCUT2D eigenvalue weighted by Crippen LogP contribution is 2.30. The minimum absolute atomic E-state index is 0.00202. The zero-order chi connectivity index (χ0) is 21.4. The van der Waals surface area contributed by atoms with Crippen LogP contribution >= 0.6 is 11.6 Å². The molecule has 1 atom stereocenters. The zero-order valence-electron chi connectivity index (χ0n) is 17.4. The molecule has 1 aromatic carbocycles. The standard InChI is InChI=1S/C23H27ClN4O3/c24-18-5-3-16(4-6-18)20-12-28-14-26-21(19(28)13-31-20)23(30)27-9-7-17(8-10-27)22(29)25-11-15-1-2-15/h3-6,14-15,17,20H,1-2,7-13H2,(H,25,29)/t20-/m1/s1. The minimum Gasteiger partial charge on any atom is -0.365 e. The molecule has 1 saturated heterocycles. The summed E-state index contributed by atoms with van der Waals surface area (Å²) in [4.78, 5) is 31.7. The van der Waals surface area contributed by atoms with Crippen molar-refractivity contribution >= 4 is 23.4 Å². The third-order valence-corrected chi connectivity index (χ3v) is 6.84. The van der Waals surface area contributed by atoms with E-state index in [1.807, 2.05) is 33.7 Å². The first-order valence-electron chi connectivity index (χ1n) is 11.1. The predicted molar refractivity (Wildman–Crippen MR) is 116 cm³/mol. The number of imidazole rings is 1. The van der Waals surface area contributed by atoms with Crippen molar-refractivity contribution in [3.63, 3.8) is 0 Å². The molecule has 2 fully saturated rings. The highest BCUT2D eigenvalue weighted by molar-refractivity contribution is 6.30. The molecule has 3 aliphatic rings. The summed E-state index contributed by atoms with van der Waals surface area (Å²) < 4.78 is 8.05. The fraction of sp³-hybridized carbons (Fsp3) is 0.522. The van der Waals surface area contributed by atoms with Gasteiger partial charge in [-0.25, -0.2) is 4.98 Å². The number of likely N-dealkylation sites (tertiary alicyclic amines) is 1. The first-order chi connectivity index (χ1) is 15.1. The van der Waals surface area contributed by atoms with E-state index in [4.69, 9.17) is 16.3 Å². The van der Waals surface area contributed by atoms with Crippen LogP contribution in [0.2, 0.25) is 5.02 Å². The molecule has 2 aliphatic heterocycles. The average Bonchev–Trinajstić information content (AvgIpc) is 3.54. The Balaban J connectivity index is 1.19. The van der Waals surface area contributed by atoms with Crippen molar-refractivity contribution in [3.8, 4) is 0 Å². The van der Waals surface area contributed by atoms with E-state index in [1.54, 1.807) is 6.33 Å². The molecule has 7 nitrogen and oxygen atoms in total. The Morgan fingerprint density at radius 1 is 1.13 bits per heavy atom. The number of carbonyl (C=O) groups excluding carboxylic acids is 2. The number of hydrogen-bond acceptors (Lipinski definition) is 4. The topological polar surface area (TPSA) is 76.5 Å². The first kappa shape index (κ1) is 20.5. The van der Waals surface area contributed by atoms with Crippen LogP contribution in [0, 0.1) is 11.8 Å². The van der Waals surface area contributed by atoms with Gasteiger partial charge in [0.05, 0.1) is 25.2 Å². The van der Waals surface area contributed by atoms with Gasteiger partial charge in [0.25, 0.3) is 5.91 Å². The summed E-state index contributed by atoms with van der Waals surface area (Å²) >= 11 is 5.98. The molecule has 2 aromatic rings. The second-order valence-corrected chi connectivity index (χ2v) is 9.23. The second kappa shape index (κ2) is 8.63. The van der Waals surface area contributed by atoms with Gasteiger partial charge >= 0.3 is 0 Å². The van der Waals surface area contributed by atoms with Gasteiger partial charge in [0, 0.05) is 30.6 Å². The van der Waals surface area contributed by atoms with E-state index in [0.717, 1.165) is 17.8 Å². The maximum Gasteiger partial charge on any atom is 0.274 e. The van der Waals surface area contributed by atoms with Crippen molar-refractivity contribution in [3.05, 3.63) is 52.6 Å². The molecule has 1 aromatic heterocycles. The lowest BCUT2D eigenvalue weighted by Crippen LogP contribution is -2.43. The van der Waals surface area contributed by atoms with Crippen molar-refractivity contribution < 1.29 is 14.3 Å². The second-order valence-electron chi connectivity index (χ2n) is 8.80. The smallest absolute Gasteiger partial charge is 0.274 e. The Labute approximate surface area is 186 Å². The molecule has 0 bridgehead atoms. The molecule has 5 rings (SSSR count). The summed E-state index contributed by atoms with van der Waals surface area (Å²) in [6.45, 7) is 2.92. The third kappa shape index (κ3) is 4.48. The molecular weight excluding hydrogens is 416 g/mol. The fourth-order valence-corrected chi connectivity index (χ4v) is 4.52. The summed E-state index contributed by atoms with van der Waals surface area (Å²) in [6, 6.07) is 7.64. The average molecular weight is 443 g/mol. The number of rotatable bonds is 5. The number of fused-ring (bicyclic) bond motifs is 1. The number of halogens is 1. The SMILES string of the molecule is O=C(NCC1CC1)C1CCN(C(=O)c2ncn3c2CO[C@@H](c2ccc(Cl)cc2)C3)CC1. The van der Waals surface area contributed by atoms with Gasteiger partial charge < -0.3 is 19.5 Å². The first-order valence-corrected chi connectivity index (χ1v) is 11.4. The van der Waals surface area contributed by atoms with Gasteiger partial charge in [-0.3, -0.25) is 9.59 Å². The maximum atomic E-state index is 13.1. The Morgan fingerprint density at radius 2 is 1.87 bits per heavy atom. The molecular formula is C23H27ClN4O3. The van der Waals surface area contributed by atoms with E-state index < -0.39 is 0 Å². The lowest BCUT2D eigenvalue weighted by Gasteiger charge is -2.31. The van der Waals surface area contributed by atoms with E-state index in [2.05, 4.69) is 10.3 Å². The summed E-state index contributed by atoms with van der Waals surface area (Å²) in [7, 11) is 0. The van der Waals surface area contributed by atoms with Crippen LogP contribution in [0.1, 0.15) is 53.5 Å². The molecule has 3 heterocycles. The molecule has 0 radical (unpaired) electrons. The minimum atomic E-state index is -0.0909. The van der Waals surface area contributed by atoms with Crippen molar-refractivity contribution in [2.24, 2.45) is 11.8 Å². The summed E-state index contributed by atoms with van der Waals surface area (Å²) in [5.74, 6) is 0.750. The van der Waals surface area contributed by atoms with Crippen LogP contribution < -0.4 is 5.32 Å². The van der Waals surface area contributed by atoms with Crippen LogP contribution in [0.5, 0.6) is 0 Å². The maximum absolute atomic E-state index is 13.1. The van der Waals surface area contributed by atoms with E-state index >= 15 is 0 Å². The molecule has 1 saturated carbocycles. The van der Waals surface area contributed by atoms with Crippen molar-refractivity contribution in [2.75, 3.05) is 19.6 Å². The Bertz CT molecular complexity index is 962. The van der Waals surface area contributed by atoms with Gasteiger partial charge in [-0.05, 0) is 49.3 Å². The fourth-order valence-electron chi connectivity index (χ4n) is 4.39. The van der Waals surface area contributed by atoms with Gasteiger partial charge in [0.15, 0.2) is 5.69 Å². The van der Waals surface area contributed by atoms with Crippen LogP contribution in [-0.4, -0.2) is 45.9 Å². The van der Waals surface area contributed by atoms with Gasteiger partial charge in [-0.2, -0.15) is 0 Å². The largest absolute Gasteiger partial charge is 0.365 e. The number of nitrogens with zero attached hydrogens (tertiary/aromatic N) is 3. The van der Waals surface area contributed by atoms with Crippen LogP contribution in [0.3, 0.4) is 0 Å². The molecule has 31 heavy (non-hydrogen) atoms. The van der Waals surface area contributed by atoms with E-state index in [1.165, 1.54) is 12.8 Å². The molecule has 1 N–H and O–H groups in total. The third-order valence-electron chi connectivity index (χ3n) is 6.59. The molecule has 0 spiro atoms. The van der Waals surface area contributed by atoms with Crippen LogP contribution in [0.4, 0.5) is 0 Å². The van der Waals surface area contributed by atoms with Crippen molar-refractivity contribution in [1.82, 2.24) is 19.8 Å². The zero-order valence-corrected chi connectivity index (χ0v) is 18.2. The Hall–Kier alpha value is -2.38. The number of carbonyl (C=O) groups is 2. The van der Waals surface area contributed by atoms with Gasteiger partial charge in [0.2, 0.25) is 5.91 Å². The molecule has 1 aliphatic carbocycles. The van der Waals surface area contributed by atoms with Gasteiger partial charge in [-0.1, -0.05) is 23.7 Å². The predicted octanol–water partition coefficient (Wildman–Crippen LogP) is 3.19. The summed E-state index contributed by atoms with van der Waals surface area (Å²) in [6.07, 6.45) is 5.50. The normalized spacial score (nSPS) is 21.6. The molecule has 164 valence electrons. The van der Waals surface area contributed by atoms with Crippen molar-refractivity contribution in [1.29, 1.82) is 0 Å². The van der Waals surface area contributed by atoms with E-state index in [-0.39, 0.29) is 23.8 Å². The number of piperidine rings is 1. The number of hydrogen-bond donors (Lipinski definition) is 1. The van der Waals surface area contributed by atoms with Gasteiger partial charge in [-0.15, -0.1) is 0 Å². The van der Waals surface area contributed by atoms with Crippen LogP contribution in [0.15, 0.2) is 30.6 Å². The highest BCUT2D eigenvalue weighted by Gasteiger charge is 2.32. The number of nitrogens with one attached hydrogen (secondary N) is 1. The lowest BCUT2D eigenvalue weighted by molar-refractivity contribution is -0.126. The van der Waals surface area contributed by atoms with Gasteiger partial charge in [0.1, 0.15) is 6.10 Å². The van der Waals surface area contributed by atoms with E-state index in [0.29, 0.717) is 55.7 Å². The van der Waals surface area contributed by atoms with E-state index in [9.17, 15) is 9.59 Å². The highest BCUT2D eigenvalue weighted by atomic mass is 35.5. The number of ether oxygens (including phenoxy) is 1. The number of benzene rings is 1. The van der Waals surface area contributed by atoms with Crippen molar-refractivity contribution in [2.45, 2.75) is 44.9 Å². The summed E-state index contributed by atoms with van der Waals surface area (Å²) in [5, 5.41) is 3.76. The molecule has 2 amide bonds. The monoisotopic (exact) mass is 442 g/mol.